The lowest BCUT2D eigenvalue weighted by Crippen LogP contribution is -2.35. The highest BCUT2D eigenvalue weighted by Gasteiger charge is 2.23. The average molecular weight is 336 g/mol. The molecule has 0 aliphatic heterocycles. The van der Waals surface area contributed by atoms with Crippen LogP contribution in [0.1, 0.15) is 27.7 Å². The van der Waals surface area contributed by atoms with Crippen molar-refractivity contribution in [3.8, 4) is 0 Å². The van der Waals surface area contributed by atoms with E-state index in [0.29, 0.717) is 0 Å². The monoisotopic (exact) mass is 335 g/mol. The summed E-state index contributed by atoms with van der Waals surface area (Å²) in [7, 11) is 0. The van der Waals surface area contributed by atoms with Crippen LogP contribution < -0.4 is 5.32 Å². The van der Waals surface area contributed by atoms with Gasteiger partial charge in [0.1, 0.15) is 29.0 Å². The van der Waals surface area contributed by atoms with Gasteiger partial charge >= 0.3 is 5.97 Å². The molecular formula is C13H16BrF2NO2. The highest BCUT2D eigenvalue weighted by molar-refractivity contribution is 9.10. The van der Waals surface area contributed by atoms with Gasteiger partial charge in [0.25, 0.3) is 0 Å². The summed E-state index contributed by atoms with van der Waals surface area (Å²) in [5.41, 5.74) is -0.995. The van der Waals surface area contributed by atoms with Crippen LogP contribution in [0.5, 0.6) is 0 Å². The summed E-state index contributed by atoms with van der Waals surface area (Å²) >= 11 is 2.98. The van der Waals surface area contributed by atoms with E-state index in [4.69, 9.17) is 4.74 Å². The predicted molar refractivity (Wildman–Crippen MR) is 73.0 cm³/mol. The van der Waals surface area contributed by atoms with Crippen LogP contribution in [-0.2, 0) is 9.53 Å². The second kappa shape index (κ2) is 5.86. The molecule has 0 spiro atoms. The van der Waals surface area contributed by atoms with Gasteiger partial charge in [-0.2, -0.15) is 0 Å². The number of nitrogens with one attached hydrogen (secondary N) is 1. The Labute approximate surface area is 119 Å². The fourth-order valence-corrected chi connectivity index (χ4v) is 1.75. The highest BCUT2D eigenvalue weighted by Crippen LogP contribution is 2.24. The van der Waals surface area contributed by atoms with E-state index >= 15 is 0 Å². The second-order valence-corrected chi connectivity index (χ2v) is 6.06. The molecule has 6 heteroatoms. The molecule has 1 atom stereocenters. The number of halogens is 3. The Morgan fingerprint density at radius 2 is 1.79 bits per heavy atom. The molecule has 0 aliphatic rings. The van der Waals surface area contributed by atoms with Crippen LogP contribution in [0.4, 0.5) is 14.5 Å². The first-order valence-electron chi connectivity index (χ1n) is 5.74. The van der Waals surface area contributed by atoms with Gasteiger partial charge < -0.3 is 10.1 Å². The van der Waals surface area contributed by atoms with Crippen molar-refractivity contribution in [3.63, 3.8) is 0 Å². The van der Waals surface area contributed by atoms with Crippen LogP contribution in [0, 0.1) is 11.6 Å². The van der Waals surface area contributed by atoms with Crippen molar-refractivity contribution in [3.05, 3.63) is 28.2 Å². The van der Waals surface area contributed by atoms with E-state index < -0.39 is 29.2 Å². The van der Waals surface area contributed by atoms with Gasteiger partial charge in [0, 0.05) is 4.47 Å². The van der Waals surface area contributed by atoms with E-state index in [9.17, 15) is 13.6 Å². The second-order valence-electron chi connectivity index (χ2n) is 5.14. The van der Waals surface area contributed by atoms with E-state index in [-0.39, 0.29) is 10.2 Å². The molecule has 1 aromatic rings. The molecule has 0 amide bonds. The van der Waals surface area contributed by atoms with Crippen LogP contribution in [-0.4, -0.2) is 17.6 Å². The summed E-state index contributed by atoms with van der Waals surface area (Å²) in [6, 6.07) is 1.38. The van der Waals surface area contributed by atoms with Crippen molar-refractivity contribution in [2.24, 2.45) is 0 Å². The smallest absolute Gasteiger partial charge is 0.328 e. The maximum absolute atomic E-state index is 13.6. The van der Waals surface area contributed by atoms with Crippen LogP contribution in [0.3, 0.4) is 0 Å². The minimum atomic E-state index is -0.857. The molecule has 1 aromatic carbocycles. The molecule has 0 saturated heterocycles. The van der Waals surface area contributed by atoms with Crippen LogP contribution >= 0.6 is 15.9 Å². The standard InChI is InChI=1S/C13H16BrF2NO2/c1-7(12(18)19-13(2,3)4)17-11-9(15)5-8(14)6-10(11)16/h5-7,17H,1-4H3. The largest absolute Gasteiger partial charge is 0.458 e. The first kappa shape index (κ1) is 15.9. The Morgan fingerprint density at radius 3 is 2.21 bits per heavy atom. The number of rotatable bonds is 3. The summed E-state index contributed by atoms with van der Waals surface area (Å²) in [6.07, 6.45) is 0. The van der Waals surface area contributed by atoms with E-state index in [0.717, 1.165) is 12.1 Å². The van der Waals surface area contributed by atoms with Crippen LogP contribution in [0.2, 0.25) is 0 Å². The topological polar surface area (TPSA) is 38.3 Å². The van der Waals surface area contributed by atoms with Crippen molar-refractivity contribution in [2.75, 3.05) is 5.32 Å². The molecule has 106 valence electrons. The number of hydrogen-bond donors (Lipinski definition) is 1. The minimum Gasteiger partial charge on any atom is -0.458 e. The lowest BCUT2D eigenvalue weighted by atomic mass is 10.2. The number of benzene rings is 1. The molecule has 1 unspecified atom stereocenters. The van der Waals surface area contributed by atoms with Crippen molar-refractivity contribution in [2.45, 2.75) is 39.3 Å². The molecule has 0 fully saturated rings. The molecule has 0 saturated carbocycles. The van der Waals surface area contributed by atoms with Crippen LogP contribution in [0.15, 0.2) is 16.6 Å². The SMILES string of the molecule is CC(Nc1c(F)cc(Br)cc1F)C(=O)OC(C)(C)C. The lowest BCUT2D eigenvalue weighted by molar-refractivity contribution is -0.155. The lowest BCUT2D eigenvalue weighted by Gasteiger charge is -2.23. The number of carbonyl (C=O) groups excluding carboxylic acids is 1. The summed E-state index contributed by atoms with van der Waals surface area (Å²) in [5, 5.41) is 2.48. The molecule has 0 radical (unpaired) electrons. The Balaban J connectivity index is 2.83. The van der Waals surface area contributed by atoms with Gasteiger partial charge in [-0.05, 0) is 39.8 Å². The summed E-state index contributed by atoms with van der Waals surface area (Å²) < 4.78 is 32.6. The first-order valence-corrected chi connectivity index (χ1v) is 6.53. The Hall–Kier alpha value is -1.17. The van der Waals surface area contributed by atoms with Gasteiger partial charge in [-0.1, -0.05) is 15.9 Å². The van der Waals surface area contributed by atoms with Gasteiger partial charge in [0.2, 0.25) is 0 Å². The van der Waals surface area contributed by atoms with Crippen molar-refractivity contribution >= 4 is 27.6 Å². The molecule has 0 bridgehead atoms. The van der Waals surface area contributed by atoms with Gasteiger partial charge in [-0.3, -0.25) is 0 Å². The number of esters is 1. The van der Waals surface area contributed by atoms with Gasteiger partial charge in [-0.25, -0.2) is 13.6 Å². The zero-order valence-electron chi connectivity index (χ0n) is 11.2. The van der Waals surface area contributed by atoms with Gasteiger partial charge in [0.05, 0.1) is 0 Å². The molecular weight excluding hydrogens is 320 g/mol. The van der Waals surface area contributed by atoms with E-state index in [1.807, 2.05) is 0 Å². The molecule has 0 heterocycles. The minimum absolute atomic E-state index is 0.290. The third-order valence-corrected chi connectivity index (χ3v) is 2.59. The van der Waals surface area contributed by atoms with Crippen LogP contribution in [0.25, 0.3) is 0 Å². The Bertz CT molecular complexity index is 463. The Kier molecular flexibility index (Phi) is 4.90. The summed E-state index contributed by atoms with van der Waals surface area (Å²) in [6.45, 7) is 6.64. The maximum Gasteiger partial charge on any atom is 0.328 e. The number of ether oxygens (including phenoxy) is 1. The summed E-state index contributed by atoms with van der Waals surface area (Å²) in [4.78, 5) is 11.7. The summed E-state index contributed by atoms with van der Waals surface area (Å²) in [5.74, 6) is -2.13. The van der Waals surface area contributed by atoms with E-state index in [2.05, 4.69) is 21.2 Å². The number of anilines is 1. The number of hydrogen-bond acceptors (Lipinski definition) is 3. The maximum atomic E-state index is 13.6. The number of carbonyl (C=O) groups is 1. The highest BCUT2D eigenvalue weighted by atomic mass is 79.9. The fraction of sp³-hybridized carbons (Fsp3) is 0.462. The predicted octanol–water partition coefficient (Wildman–Crippen LogP) is 3.87. The van der Waals surface area contributed by atoms with E-state index in [1.54, 1.807) is 20.8 Å². The molecule has 19 heavy (non-hydrogen) atoms. The fourth-order valence-electron chi connectivity index (χ4n) is 1.35. The molecule has 3 nitrogen and oxygen atoms in total. The van der Waals surface area contributed by atoms with E-state index in [1.165, 1.54) is 6.92 Å². The quantitative estimate of drug-likeness (QED) is 0.852. The molecule has 0 aliphatic carbocycles. The normalized spacial score (nSPS) is 13.0. The first-order chi connectivity index (χ1) is 8.60. The van der Waals surface area contributed by atoms with Crippen molar-refractivity contribution in [1.82, 2.24) is 0 Å². The van der Waals surface area contributed by atoms with Gasteiger partial charge in [0.15, 0.2) is 0 Å². The molecule has 0 aromatic heterocycles. The third kappa shape index (κ3) is 4.78. The van der Waals surface area contributed by atoms with Crippen molar-refractivity contribution < 1.29 is 18.3 Å². The molecule has 1 rings (SSSR count). The van der Waals surface area contributed by atoms with Crippen molar-refractivity contribution in [1.29, 1.82) is 0 Å². The molecule has 1 N–H and O–H groups in total. The average Bonchev–Trinajstić information content (AvgIpc) is 2.20. The van der Waals surface area contributed by atoms with Gasteiger partial charge in [-0.15, -0.1) is 0 Å². The third-order valence-electron chi connectivity index (χ3n) is 2.13. The Morgan fingerprint density at radius 1 is 1.32 bits per heavy atom. The zero-order chi connectivity index (χ0) is 14.8. The zero-order valence-corrected chi connectivity index (χ0v) is 12.8.